The van der Waals surface area contributed by atoms with E-state index in [1.807, 2.05) is 50.7 Å². The number of hydrogen-bond acceptors (Lipinski definition) is 2. The van der Waals surface area contributed by atoms with Crippen molar-refractivity contribution >= 4 is 17.6 Å². The summed E-state index contributed by atoms with van der Waals surface area (Å²) in [6.07, 6.45) is -2.15. The summed E-state index contributed by atoms with van der Waals surface area (Å²) in [5.74, 6) is -0.0426. The molecule has 2 aromatic rings. The topological polar surface area (TPSA) is 57.6 Å². The zero-order chi connectivity index (χ0) is 23.9. The van der Waals surface area contributed by atoms with Gasteiger partial charge in [0.05, 0.1) is 17.8 Å². The van der Waals surface area contributed by atoms with E-state index in [9.17, 15) is 22.8 Å². The van der Waals surface area contributed by atoms with Crippen molar-refractivity contribution in [2.24, 2.45) is 13.0 Å². The van der Waals surface area contributed by atoms with Gasteiger partial charge in [0.1, 0.15) is 6.54 Å². The number of aromatic nitrogens is 1. The number of hydrogen-bond donors (Lipinski definition) is 1. The lowest BCUT2D eigenvalue weighted by Gasteiger charge is -2.29. The maximum Gasteiger partial charge on any atom is 0.418 e. The lowest BCUT2D eigenvalue weighted by Crippen LogP contribution is -2.45. The summed E-state index contributed by atoms with van der Waals surface area (Å²) in [5.41, 5.74) is -0.313. The quantitative estimate of drug-likeness (QED) is 0.584. The maximum atomic E-state index is 13.3. The van der Waals surface area contributed by atoms with E-state index in [4.69, 9.17) is 0 Å². The van der Waals surface area contributed by atoms with Crippen molar-refractivity contribution in [2.45, 2.75) is 39.9 Å². The minimum Gasteiger partial charge on any atom is -0.353 e. The third-order valence-electron chi connectivity index (χ3n) is 4.92. The number of aryl methyl sites for hydroxylation is 1. The number of halogens is 3. The van der Waals surface area contributed by atoms with Crippen molar-refractivity contribution in [3.8, 4) is 0 Å². The summed E-state index contributed by atoms with van der Waals surface area (Å²) < 4.78 is 41.7. The summed E-state index contributed by atoms with van der Waals surface area (Å²) in [6, 6.07) is 7.87. The molecule has 32 heavy (non-hydrogen) atoms. The van der Waals surface area contributed by atoms with E-state index in [1.165, 1.54) is 23.1 Å². The van der Waals surface area contributed by atoms with Gasteiger partial charge in [0.15, 0.2) is 0 Å². The molecule has 0 atom stereocenters. The number of carbonyl (C=O) groups is 2. The molecular weight excluding hydrogens is 421 g/mol. The SMILES string of the molecule is CCCN(CC(=O)N(Cc1cccn1C)CC(C)C)C(=O)Nc1ccccc1C(F)(F)F. The molecule has 0 spiro atoms. The standard InChI is InChI=1S/C23H31F3N4O2/c1-5-12-29(22(32)27-20-11-7-6-10-19(20)23(24,25)26)16-21(31)30(14-17(2)3)15-18-9-8-13-28(18)4/h6-11,13,17H,5,12,14-16H2,1-4H3,(H,27,32). The summed E-state index contributed by atoms with van der Waals surface area (Å²) in [5, 5.41) is 2.33. The molecule has 0 saturated heterocycles. The maximum absolute atomic E-state index is 13.3. The Bertz CT molecular complexity index is 909. The van der Waals surface area contributed by atoms with E-state index in [1.54, 1.807) is 4.90 Å². The van der Waals surface area contributed by atoms with Crippen molar-refractivity contribution in [3.63, 3.8) is 0 Å². The number of carbonyl (C=O) groups excluding carboxylic acids is 2. The molecule has 1 N–H and O–H groups in total. The number of urea groups is 1. The lowest BCUT2D eigenvalue weighted by atomic mass is 10.1. The molecule has 2 rings (SSSR count). The van der Waals surface area contributed by atoms with Gasteiger partial charge in [-0.15, -0.1) is 0 Å². The van der Waals surface area contributed by atoms with Gasteiger partial charge in [-0.1, -0.05) is 32.9 Å². The van der Waals surface area contributed by atoms with Crippen LogP contribution in [0, 0.1) is 5.92 Å². The minimum atomic E-state index is -4.60. The van der Waals surface area contributed by atoms with E-state index in [2.05, 4.69) is 5.32 Å². The number of benzene rings is 1. The second-order valence-corrected chi connectivity index (χ2v) is 8.17. The van der Waals surface area contributed by atoms with Crippen LogP contribution in [0.15, 0.2) is 42.6 Å². The predicted octanol–water partition coefficient (Wildman–Crippen LogP) is 4.97. The normalized spacial score (nSPS) is 11.5. The Kier molecular flexibility index (Phi) is 8.74. The van der Waals surface area contributed by atoms with Gasteiger partial charge in [0.25, 0.3) is 0 Å². The zero-order valence-electron chi connectivity index (χ0n) is 18.9. The molecule has 0 fully saturated rings. The van der Waals surface area contributed by atoms with E-state index in [0.29, 0.717) is 19.5 Å². The molecule has 6 nitrogen and oxygen atoms in total. The van der Waals surface area contributed by atoms with E-state index in [0.717, 1.165) is 11.8 Å². The first-order chi connectivity index (χ1) is 15.0. The minimum absolute atomic E-state index is 0.214. The van der Waals surface area contributed by atoms with Gasteiger partial charge in [0.2, 0.25) is 5.91 Å². The van der Waals surface area contributed by atoms with Crippen LogP contribution in [0.5, 0.6) is 0 Å². The molecule has 3 amide bonds. The fraction of sp³-hybridized carbons (Fsp3) is 0.478. The molecular formula is C23H31F3N4O2. The highest BCUT2D eigenvalue weighted by atomic mass is 19.4. The summed E-state index contributed by atoms with van der Waals surface area (Å²) in [4.78, 5) is 28.8. The molecule has 9 heteroatoms. The fourth-order valence-electron chi connectivity index (χ4n) is 3.37. The van der Waals surface area contributed by atoms with Gasteiger partial charge in [-0.2, -0.15) is 13.2 Å². The van der Waals surface area contributed by atoms with Crippen LogP contribution in [0.2, 0.25) is 0 Å². The Morgan fingerprint density at radius 2 is 1.78 bits per heavy atom. The number of alkyl halides is 3. The van der Waals surface area contributed by atoms with Crippen molar-refractivity contribution < 1.29 is 22.8 Å². The molecule has 1 aromatic heterocycles. The van der Waals surface area contributed by atoms with E-state index < -0.39 is 17.8 Å². The monoisotopic (exact) mass is 452 g/mol. The number of anilines is 1. The first-order valence-electron chi connectivity index (χ1n) is 10.6. The summed E-state index contributed by atoms with van der Waals surface area (Å²) in [7, 11) is 1.89. The van der Waals surface area contributed by atoms with Crippen molar-refractivity contribution in [3.05, 3.63) is 53.9 Å². The molecule has 0 bridgehead atoms. The molecule has 176 valence electrons. The molecule has 0 radical (unpaired) electrons. The highest BCUT2D eigenvalue weighted by molar-refractivity contribution is 5.93. The second kappa shape index (κ2) is 11.1. The Morgan fingerprint density at radius 3 is 2.34 bits per heavy atom. The highest BCUT2D eigenvalue weighted by Gasteiger charge is 2.34. The van der Waals surface area contributed by atoms with E-state index >= 15 is 0 Å². The largest absolute Gasteiger partial charge is 0.418 e. The fourth-order valence-corrected chi connectivity index (χ4v) is 3.37. The molecule has 0 aliphatic heterocycles. The molecule has 0 saturated carbocycles. The number of nitrogens with zero attached hydrogens (tertiary/aromatic N) is 3. The molecule has 0 aliphatic rings. The van der Waals surface area contributed by atoms with E-state index in [-0.39, 0.29) is 30.6 Å². The van der Waals surface area contributed by atoms with Crippen molar-refractivity contribution in [2.75, 3.05) is 25.0 Å². The van der Waals surface area contributed by atoms with Crippen LogP contribution in [0.25, 0.3) is 0 Å². The van der Waals surface area contributed by atoms with Gasteiger partial charge in [-0.3, -0.25) is 4.79 Å². The zero-order valence-corrected chi connectivity index (χ0v) is 18.9. The summed E-state index contributed by atoms with van der Waals surface area (Å²) in [6.45, 7) is 6.74. The average molecular weight is 453 g/mol. The van der Waals surface area contributed by atoms with Crippen LogP contribution >= 0.6 is 0 Å². The third kappa shape index (κ3) is 7.03. The van der Waals surface area contributed by atoms with Crippen molar-refractivity contribution in [1.29, 1.82) is 0 Å². The van der Waals surface area contributed by atoms with Crippen LogP contribution in [-0.2, 0) is 24.6 Å². The molecule has 0 aliphatic carbocycles. The number of rotatable bonds is 9. The first kappa shape index (κ1) is 25.3. The smallest absolute Gasteiger partial charge is 0.353 e. The van der Waals surface area contributed by atoms with Crippen LogP contribution in [0.1, 0.15) is 38.4 Å². The first-order valence-corrected chi connectivity index (χ1v) is 10.6. The number of amides is 3. The Hall–Kier alpha value is -2.97. The molecule has 1 aromatic carbocycles. The van der Waals surface area contributed by atoms with Gasteiger partial charge in [-0.05, 0) is 36.6 Å². The Morgan fingerprint density at radius 1 is 1.09 bits per heavy atom. The van der Waals surface area contributed by atoms with Crippen LogP contribution < -0.4 is 5.32 Å². The molecule has 0 unspecified atom stereocenters. The van der Waals surface area contributed by atoms with Crippen LogP contribution in [-0.4, -0.2) is 45.9 Å². The second-order valence-electron chi connectivity index (χ2n) is 8.17. The number of para-hydroxylation sites is 1. The Balaban J connectivity index is 2.17. The van der Waals surface area contributed by atoms with Gasteiger partial charge in [-0.25, -0.2) is 4.79 Å². The van der Waals surface area contributed by atoms with Crippen LogP contribution in [0.3, 0.4) is 0 Å². The van der Waals surface area contributed by atoms with Gasteiger partial charge in [0, 0.05) is 32.0 Å². The predicted molar refractivity (Wildman–Crippen MR) is 118 cm³/mol. The average Bonchev–Trinajstić information content (AvgIpc) is 3.10. The molecule has 1 heterocycles. The van der Waals surface area contributed by atoms with Crippen LogP contribution in [0.4, 0.5) is 23.7 Å². The van der Waals surface area contributed by atoms with Crippen molar-refractivity contribution in [1.82, 2.24) is 14.4 Å². The third-order valence-corrected chi connectivity index (χ3v) is 4.92. The highest BCUT2D eigenvalue weighted by Crippen LogP contribution is 2.34. The summed E-state index contributed by atoms with van der Waals surface area (Å²) >= 11 is 0. The van der Waals surface area contributed by atoms with Gasteiger partial charge < -0.3 is 19.7 Å². The lowest BCUT2D eigenvalue weighted by molar-refractivity contribution is -0.137. The Labute approximate surface area is 187 Å². The van der Waals surface area contributed by atoms with Gasteiger partial charge >= 0.3 is 12.2 Å². The number of nitrogens with one attached hydrogen (secondary N) is 1.